The van der Waals surface area contributed by atoms with Crippen molar-refractivity contribution in [2.75, 3.05) is 18.5 Å². The molecule has 0 aromatic heterocycles. The fourth-order valence-electron chi connectivity index (χ4n) is 7.21. The average molecular weight is 623 g/mol. The highest BCUT2D eigenvalue weighted by Crippen LogP contribution is 2.61. The van der Waals surface area contributed by atoms with Crippen LogP contribution in [0, 0.1) is 23.7 Å². The van der Waals surface area contributed by atoms with Gasteiger partial charge >= 0.3 is 11.9 Å². The maximum atomic E-state index is 14.2. The van der Waals surface area contributed by atoms with Crippen LogP contribution in [-0.4, -0.2) is 53.8 Å². The van der Waals surface area contributed by atoms with E-state index in [0.717, 1.165) is 27.2 Å². The van der Waals surface area contributed by atoms with Crippen molar-refractivity contribution in [2.24, 2.45) is 23.7 Å². The van der Waals surface area contributed by atoms with Gasteiger partial charge in [-0.3, -0.25) is 19.3 Å². The summed E-state index contributed by atoms with van der Waals surface area (Å²) in [7, 11) is 0. The van der Waals surface area contributed by atoms with E-state index in [1.807, 2.05) is 76.2 Å². The van der Waals surface area contributed by atoms with Gasteiger partial charge in [0.25, 0.3) is 5.91 Å². The van der Waals surface area contributed by atoms with Gasteiger partial charge in [0.05, 0.1) is 24.0 Å². The summed E-state index contributed by atoms with van der Waals surface area (Å²) in [5.74, 6) is -4.20. The van der Waals surface area contributed by atoms with Crippen LogP contribution in [-0.2, 0) is 28.7 Å². The molecule has 1 N–H and O–H groups in total. The van der Waals surface area contributed by atoms with Crippen LogP contribution in [0.3, 0.4) is 0 Å². The molecule has 4 aliphatic rings. The molecule has 1 aliphatic heterocycles. The molecule has 0 saturated carbocycles. The van der Waals surface area contributed by atoms with Crippen LogP contribution in [0.1, 0.15) is 78.6 Å². The standard InChI is InChI=1S/C37H38N2O7/c1-20(2)17-28(37(44)46-19-29(40)38-23-15-13-22(14-16-23)36(43)45-18-21(3)4)39-34(41)32-30-24-9-5-6-10-25(24)31(33(32)35(39)42)27-12-8-7-11-26(27)30/h5-16,20-21,28,30-33H,17-19H2,1-4H3,(H,38,40)/t28-,30?,31?,32-,33+/m1/s1. The quantitative estimate of drug-likeness (QED) is 0.241. The average Bonchev–Trinajstić information content (AvgIpc) is 3.31. The number of anilines is 1. The molecule has 1 saturated heterocycles. The first-order valence-corrected chi connectivity index (χ1v) is 15.8. The van der Waals surface area contributed by atoms with Crippen molar-refractivity contribution in [3.05, 3.63) is 101 Å². The lowest BCUT2D eigenvalue weighted by Gasteiger charge is -2.45. The molecule has 3 atom stereocenters. The van der Waals surface area contributed by atoms with Crippen LogP contribution in [0.2, 0.25) is 0 Å². The summed E-state index contributed by atoms with van der Waals surface area (Å²) in [6.45, 7) is 7.40. The van der Waals surface area contributed by atoms with Gasteiger partial charge < -0.3 is 14.8 Å². The highest BCUT2D eigenvalue weighted by atomic mass is 16.5. The fraction of sp³-hybridized carbons (Fsp3) is 0.378. The molecule has 3 aromatic rings. The van der Waals surface area contributed by atoms with Gasteiger partial charge in [0.1, 0.15) is 6.04 Å². The van der Waals surface area contributed by atoms with E-state index in [9.17, 15) is 24.0 Å². The van der Waals surface area contributed by atoms with Crippen molar-refractivity contribution in [3.63, 3.8) is 0 Å². The molecule has 46 heavy (non-hydrogen) atoms. The second-order valence-electron chi connectivity index (χ2n) is 13.2. The minimum absolute atomic E-state index is 0.0357. The number of esters is 2. The summed E-state index contributed by atoms with van der Waals surface area (Å²) < 4.78 is 10.7. The first-order chi connectivity index (χ1) is 22.1. The number of amides is 3. The number of hydrogen-bond donors (Lipinski definition) is 1. The van der Waals surface area contributed by atoms with Crippen molar-refractivity contribution in [1.29, 1.82) is 0 Å². The molecule has 3 aromatic carbocycles. The molecule has 0 spiro atoms. The summed E-state index contributed by atoms with van der Waals surface area (Å²) in [4.78, 5) is 68.0. The number of nitrogens with zero attached hydrogens (tertiary/aromatic N) is 1. The van der Waals surface area contributed by atoms with E-state index in [2.05, 4.69) is 5.32 Å². The zero-order chi connectivity index (χ0) is 32.7. The maximum Gasteiger partial charge on any atom is 0.338 e. The molecule has 9 heteroatoms. The summed E-state index contributed by atoms with van der Waals surface area (Å²) in [6, 6.07) is 21.0. The largest absolute Gasteiger partial charge is 0.462 e. The van der Waals surface area contributed by atoms with E-state index in [0.29, 0.717) is 17.9 Å². The number of benzene rings is 3. The summed E-state index contributed by atoms with van der Waals surface area (Å²) >= 11 is 0. The zero-order valence-electron chi connectivity index (χ0n) is 26.4. The monoisotopic (exact) mass is 622 g/mol. The van der Waals surface area contributed by atoms with Gasteiger partial charge in [-0.05, 0) is 64.8 Å². The molecule has 1 heterocycles. The highest BCUT2D eigenvalue weighted by Gasteiger charge is 2.63. The van der Waals surface area contributed by atoms with E-state index in [1.165, 1.54) is 12.1 Å². The maximum absolute atomic E-state index is 14.2. The van der Waals surface area contributed by atoms with Gasteiger partial charge in [-0.15, -0.1) is 0 Å². The van der Waals surface area contributed by atoms with Gasteiger partial charge in [0.2, 0.25) is 11.8 Å². The Kier molecular flexibility index (Phi) is 8.51. The van der Waals surface area contributed by atoms with Crippen LogP contribution >= 0.6 is 0 Å². The Morgan fingerprint density at radius 3 is 1.67 bits per heavy atom. The van der Waals surface area contributed by atoms with Crippen LogP contribution in [0.4, 0.5) is 5.69 Å². The van der Waals surface area contributed by atoms with Gasteiger partial charge in [0.15, 0.2) is 6.61 Å². The van der Waals surface area contributed by atoms with Gasteiger partial charge in [-0.25, -0.2) is 9.59 Å². The SMILES string of the molecule is CC(C)COC(=O)c1ccc(NC(=O)COC(=O)[C@@H](CC(C)C)N2C(=O)[C@@H]3C4c5ccccc5C(c5ccccc54)[C@@H]3C2=O)cc1. The highest BCUT2D eigenvalue weighted by molar-refractivity contribution is 6.10. The summed E-state index contributed by atoms with van der Waals surface area (Å²) in [5.41, 5.74) is 4.96. The molecule has 1 fully saturated rings. The van der Waals surface area contributed by atoms with Crippen molar-refractivity contribution >= 4 is 35.3 Å². The molecule has 7 rings (SSSR count). The second-order valence-corrected chi connectivity index (χ2v) is 13.2. The molecule has 238 valence electrons. The number of rotatable bonds is 10. The van der Waals surface area contributed by atoms with Gasteiger partial charge in [-0.1, -0.05) is 76.2 Å². The smallest absolute Gasteiger partial charge is 0.338 e. The number of hydrogen-bond acceptors (Lipinski definition) is 7. The fourth-order valence-corrected chi connectivity index (χ4v) is 7.21. The third-order valence-electron chi connectivity index (χ3n) is 9.06. The summed E-state index contributed by atoms with van der Waals surface area (Å²) in [6.07, 6.45) is 0.209. The molecule has 9 nitrogen and oxygen atoms in total. The molecular weight excluding hydrogens is 584 g/mol. The molecule has 3 amide bonds. The molecule has 3 aliphatic carbocycles. The van der Waals surface area contributed by atoms with E-state index < -0.39 is 42.3 Å². The number of imide groups is 1. The van der Waals surface area contributed by atoms with Gasteiger partial charge in [0, 0.05) is 17.5 Å². The van der Waals surface area contributed by atoms with Crippen molar-refractivity contribution in [3.8, 4) is 0 Å². The Morgan fingerprint density at radius 1 is 0.717 bits per heavy atom. The number of carbonyl (C=O) groups is 5. The minimum atomic E-state index is -1.15. The summed E-state index contributed by atoms with van der Waals surface area (Å²) in [5, 5.41) is 2.65. The third kappa shape index (κ3) is 5.59. The minimum Gasteiger partial charge on any atom is -0.462 e. The zero-order valence-corrected chi connectivity index (χ0v) is 26.4. The van der Waals surface area contributed by atoms with Crippen molar-refractivity contribution in [1.82, 2.24) is 4.90 Å². The lowest BCUT2D eigenvalue weighted by atomic mass is 9.55. The Bertz CT molecular complexity index is 1580. The molecule has 0 unspecified atom stereocenters. The van der Waals surface area contributed by atoms with Crippen LogP contribution < -0.4 is 5.32 Å². The van der Waals surface area contributed by atoms with Crippen LogP contribution in [0.25, 0.3) is 0 Å². The van der Waals surface area contributed by atoms with E-state index in [1.54, 1.807) is 12.1 Å². The number of carbonyl (C=O) groups excluding carboxylic acids is 5. The lowest BCUT2D eigenvalue weighted by molar-refractivity contribution is -0.160. The predicted molar refractivity (Wildman–Crippen MR) is 170 cm³/mol. The Labute approximate surface area is 268 Å². The van der Waals surface area contributed by atoms with Crippen LogP contribution in [0.5, 0.6) is 0 Å². The molecular formula is C37H38N2O7. The number of likely N-dealkylation sites (tertiary alicyclic amines) is 1. The van der Waals surface area contributed by atoms with Gasteiger partial charge in [-0.2, -0.15) is 0 Å². The number of nitrogens with one attached hydrogen (secondary N) is 1. The number of ether oxygens (including phenoxy) is 2. The molecule has 2 bridgehead atoms. The molecule has 0 radical (unpaired) electrons. The predicted octanol–water partition coefficient (Wildman–Crippen LogP) is 5.29. The Morgan fingerprint density at radius 2 is 1.22 bits per heavy atom. The van der Waals surface area contributed by atoms with Crippen LogP contribution in [0.15, 0.2) is 72.8 Å². The normalized spacial score (nSPS) is 21.5. The van der Waals surface area contributed by atoms with Crippen molar-refractivity contribution < 1.29 is 33.4 Å². The first-order valence-electron chi connectivity index (χ1n) is 15.8. The van der Waals surface area contributed by atoms with E-state index >= 15 is 0 Å². The first kappa shape index (κ1) is 31.2. The van der Waals surface area contributed by atoms with E-state index in [-0.39, 0.29) is 41.9 Å². The Balaban J connectivity index is 1.16. The lowest BCUT2D eigenvalue weighted by Crippen LogP contribution is -2.47. The third-order valence-corrected chi connectivity index (χ3v) is 9.06. The Hall–Kier alpha value is -4.79. The topological polar surface area (TPSA) is 119 Å². The second kappa shape index (κ2) is 12.5. The van der Waals surface area contributed by atoms with Crippen molar-refractivity contribution in [2.45, 2.75) is 52.0 Å². The van der Waals surface area contributed by atoms with E-state index in [4.69, 9.17) is 9.47 Å².